The second-order valence-corrected chi connectivity index (χ2v) is 6.64. The molecule has 2 aromatic rings. The molecule has 2 aliphatic heterocycles. The van der Waals surface area contributed by atoms with E-state index < -0.39 is 0 Å². The van der Waals surface area contributed by atoms with Crippen molar-refractivity contribution in [1.82, 2.24) is 9.97 Å². The molecule has 138 valence electrons. The van der Waals surface area contributed by atoms with Crippen LogP contribution >= 0.6 is 0 Å². The molecule has 2 fully saturated rings. The molecule has 0 bridgehead atoms. The number of nitrogens with one attached hydrogen (secondary N) is 1. The van der Waals surface area contributed by atoms with Crippen LogP contribution in [0.25, 0.3) is 0 Å². The molecule has 1 spiro atoms. The Bertz CT molecular complexity index is 750. The summed E-state index contributed by atoms with van der Waals surface area (Å²) in [5.41, 5.74) is 1.85. The number of rotatable bonds is 4. The average Bonchev–Trinajstić information content (AvgIpc) is 3.10. The predicted molar refractivity (Wildman–Crippen MR) is 99.1 cm³/mol. The van der Waals surface area contributed by atoms with Crippen LogP contribution in [-0.4, -0.2) is 49.2 Å². The van der Waals surface area contributed by atoms with Gasteiger partial charge >= 0.3 is 0 Å². The van der Waals surface area contributed by atoms with Gasteiger partial charge in [-0.2, -0.15) is 4.98 Å². The molecule has 4 rings (SSSR count). The summed E-state index contributed by atoms with van der Waals surface area (Å²) in [6.45, 7) is 5.10. The van der Waals surface area contributed by atoms with Gasteiger partial charge in [-0.1, -0.05) is 0 Å². The van der Waals surface area contributed by atoms with E-state index in [0.717, 1.165) is 48.9 Å². The Morgan fingerprint density at radius 3 is 2.42 bits per heavy atom. The van der Waals surface area contributed by atoms with Crippen molar-refractivity contribution in [1.29, 1.82) is 0 Å². The van der Waals surface area contributed by atoms with E-state index in [1.165, 1.54) is 0 Å². The highest BCUT2D eigenvalue weighted by Crippen LogP contribution is 2.33. The van der Waals surface area contributed by atoms with Gasteiger partial charge < -0.3 is 24.4 Å². The fourth-order valence-corrected chi connectivity index (χ4v) is 3.44. The molecular weight excluding hydrogens is 332 g/mol. The second-order valence-electron chi connectivity index (χ2n) is 6.64. The fraction of sp³-hybridized carbons (Fsp3) is 0.474. The number of nitrogens with zero attached hydrogens (tertiary/aromatic N) is 3. The van der Waals surface area contributed by atoms with Crippen LogP contribution in [0.5, 0.6) is 5.75 Å². The zero-order valence-electron chi connectivity index (χ0n) is 15.2. The van der Waals surface area contributed by atoms with Gasteiger partial charge in [0.2, 0.25) is 5.95 Å². The Labute approximate surface area is 153 Å². The maximum Gasteiger partial charge on any atom is 0.229 e. The summed E-state index contributed by atoms with van der Waals surface area (Å²) in [5, 5.41) is 3.27. The molecule has 26 heavy (non-hydrogen) atoms. The molecule has 0 amide bonds. The van der Waals surface area contributed by atoms with Crippen LogP contribution in [0.15, 0.2) is 30.3 Å². The van der Waals surface area contributed by atoms with E-state index in [1.807, 2.05) is 37.3 Å². The van der Waals surface area contributed by atoms with Gasteiger partial charge in [0.15, 0.2) is 5.79 Å². The molecule has 2 aliphatic rings. The lowest BCUT2D eigenvalue weighted by Gasteiger charge is -2.38. The first kappa shape index (κ1) is 17.1. The molecule has 2 saturated heterocycles. The van der Waals surface area contributed by atoms with Crippen LogP contribution < -0.4 is 15.0 Å². The average molecular weight is 356 g/mol. The van der Waals surface area contributed by atoms with Crippen molar-refractivity contribution in [2.75, 3.05) is 43.6 Å². The van der Waals surface area contributed by atoms with E-state index in [0.29, 0.717) is 19.2 Å². The minimum absolute atomic E-state index is 0.372. The largest absolute Gasteiger partial charge is 0.497 e. The number of piperidine rings is 1. The van der Waals surface area contributed by atoms with E-state index in [9.17, 15) is 0 Å². The third-order valence-corrected chi connectivity index (χ3v) is 4.85. The Balaban J connectivity index is 1.47. The van der Waals surface area contributed by atoms with Crippen molar-refractivity contribution >= 4 is 17.5 Å². The maximum absolute atomic E-state index is 5.81. The fourth-order valence-electron chi connectivity index (χ4n) is 3.44. The zero-order valence-corrected chi connectivity index (χ0v) is 15.2. The van der Waals surface area contributed by atoms with Crippen LogP contribution in [-0.2, 0) is 9.47 Å². The van der Waals surface area contributed by atoms with Crippen LogP contribution in [0.2, 0.25) is 0 Å². The van der Waals surface area contributed by atoms with E-state index in [4.69, 9.17) is 19.2 Å². The van der Waals surface area contributed by atoms with Crippen molar-refractivity contribution in [2.24, 2.45) is 0 Å². The summed E-state index contributed by atoms with van der Waals surface area (Å²) in [6, 6.07) is 9.73. The molecule has 0 atom stereocenters. The van der Waals surface area contributed by atoms with Crippen molar-refractivity contribution in [3.63, 3.8) is 0 Å². The molecule has 1 aromatic heterocycles. The first-order chi connectivity index (χ1) is 12.7. The molecule has 1 N–H and O–H groups in total. The van der Waals surface area contributed by atoms with Gasteiger partial charge in [-0.05, 0) is 31.2 Å². The predicted octanol–water partition coefficient (Wildman–Crippen LogP) is 2.88. The monoisotopic (exact) mass is 356 g/mol. The van der Waals surface area contributed by atoms with Crippen molar-refractivity contribution < 1.29 is 14.2 Å². The van der Waals surface area contributed by atoms with Crippen molar-refractivity contribution in [3.8, 4) is 5.75 Å². The number of aryl methyl sites for hydroxylation is 1. The Morgan fingerprint density at radius 1 is 1.08 bits per heavy atom. The summed E-state index contributed by atoms with van der Waals surface area (Å²) in [4.78, 5) is 11.5. The number of hydrogen-bond acceptors (Lipinski definition) is 7. The molecule has 1 aromatic carbocycles. The molecule has 3 heterocycles. The van der Waals surface area contributed by atoms with Gasteiger partial charge in [0, 0.05) is 43.4 Å². The number of ether oxygens (including phenoxy) is 3. The lowest BCUT2D eigenvalue weighted by Crippen LogP contribution is -2.45. The standard InChI is InChI=1S/C19H24N4O3/c1-14-13-17(23-9-7-19(8-10-23)25-11-12-26-19)22-18(20-14)21-15-3-5-16(24-2)6-4-15/h3-6,13H,7-12H2,1-2H3,(H,20,21,22). The first-order valence-electron chi connectivity index (χ1n) is 8.95. The number of benzene rings is 1. The Kier molecular flexibility index (Phi) is 4.65. The minimum atomic E-state index is -0.372. The van der Waals surface area contributed by atoms with Gasteiger partial charge in [0.25, 0.3) is 0 Å². The number of anilines is 3. The van der Waals surface area contributed by atoms with Crippen molar-refractivity contribution in [3.05, 3.63) is 36.0 Å². The third kappa shape index (κ3) is 3.59. The van der Waals surface area contributed by atoms with E-state index in [1.54, 1.807) is 7.11 Å². The van der Waals surface area contributed by atoms with Gasteiger partial charge in [-0.15, -0.1) is 0 Å². The summed E-state index contributed by atoms with van der Waals surface area (Å²) < 4.78 is 16.8. The summed E-state index contributed by atoms with van der Waals surface area (Å²) in [6.07, 6.45) is 1.72. The highest BCUT2D eigenvalue weighted by molar-refractivity contribution is 5.56. The lowest BCUT2D eigenvalue weighted by molar-refractivity contribution is -0.169. The minimum Gasteiger partial charge on any atom is -0.497 e. The number of aromatic nitrogens is 2. The van der Waals surface area contributed by atoms with Crippen molar-refractivity contribution in [2.45, 2.75) is 25.6 Å². The number of methoxy groups -OCH3 is 1. The zero-order chi connectivity index (χ0) is 18.0. The summed E-state index contributed by atoms with van der Waals surface area (Å²) in [7, 11) is 1.66. The summed E-state index contributed by atoms with van der Waals surface area (Å²) >= 11 is 0. The van der Waals surface area contributed by atoms with Gasteiger partial charge in [0.05, 0.1) is 20.3 Å². The van der Waals surface area contributed by atoms with Crippen LogP contribution in [0, 0.1) is 6.92 Å². The van der Waals surface area contributed by atoms with Gasteiger partial charge in [0.1, 0.15) is 11.6 Å². The first-order valence-corrected chi connectivity index (χ1v) is 8.95. The molecule has 0 radical (unpaired) electrons. The van der Waals surface area contributed by atoms with E-state index in [2.05, 4.69) is 15.2 Å². The van der Waals surface area contributed by atoms with Crippen LogP contribution in [0.3, 0.4) is 0 Å². The van der Waals surface area contributed by atoms with Crippen LogP contribution in [0.1, 0.15) is 18.5 Å². The highest BCUT2D eigenvalue weighted by atomic mass is 16.7. The lowest BCUT2D eigenvalue weighted by atomic mass is 10.0. The Morgan fingerprint density at radius 2 is 1.77 bits per heavy atom. The topological polar surface area (TPSA) is 68.7 Å². The summed E-state index contributed by atoms with van der Waals surface area (Å²) in [5.74, 6) is 1.98. The maximum atomic E-state index is 5.81. The normalized spacial score (nSPS) is 18.9. The molecular formula is C19H24N4O3. The quantitative estimate of drug-likeness (QED) is 0.903. The SMILES string of the molecule is COc1ccc(Nc2nc(C)cc(N3CCC4(CC3)OCCO4)n2)cc1. The number of hydrogen-bond donors (Lipinski definition) is 1. The smallest absolute Gasteiger partial charge is 0.229 e. The molecule has 0 aliphatic carbocycles. The van der Waals surface area contributed by atoms with Gasteiger partial charge in [-0.3, -0.25) is 0 Å². The molecule has 0 unspecified atom stereocenters. The van der Waals surface area contributed by atoms with Crippen LogP contribution in [0.4, 0.5) is 17.5 Å². The second kappa shape index (κ2) is 7.09. The van der Waals surface area contributed by atoms with E-state index in [-0.39, 0.29) is 5.79 Å². The third-order valence-electron chi connectivity index (χ3n) is 4.85. The highest BCUT2D eigenvalue weighted by Gasteiger charge is 2.40. The van der Waals surface area contributed by atoms with Gasteiger partial charge in [-0.25, -0.2) is 4.98 Å². The molecule has 0 saturated carbocycles. The Hall–Kier alpha value is -2.38. The van der Waals surface area contributed by atoms with E-state index >= 15 is 0 Å². The molecule has 7 heteroatoms. The molecule has 7 nitrogen and oxygen atoms in total.